The van der Waals surface area contributed by atoms with Crippen LogP contribution in [0, 0.1) is 11.8 Å². The average Bonchev–Trinajstić information content (AvgIpc) is 3.20. The molecule has 1 aliphatic carbocycles. The highest BCUT2D eigenvalue weighted by atomic mass is 14.4. The van der Waals surface area contributed by atoms with Gasteiger partial charge in [-0.05, 0) is 38.0 Å². The third-order valence-electron chi connectivity index (χ3n) is 5.18. The van der Waals surface area contributed by atoms with Gasteiger partial charge < -0.3 is 0 Å². The van der Waals surface area contributed by atoms with Crippen LogP contribution in [0.5, 0.6) is 0 Å². The average molecular weight is 293 g/mol. The molecule has 0 amide bonds. The molecule has 0 aromatic carbocycles. The van der Waals surface area contributed by atoms with Crippen LogP contribution in [-0.2, 0) is 0 Å². The van der Waals surface area contributed by atoms with Gasteiger partial charge in [0.15, 0.2) is 0 Å². The number of allylic oxidation sites excluding steroid dienone is 1. The van der Waals surface area contributed by atoms with E-state index in [1.807, 2.05) is 0 Å². The number of hydrogen-bond donors (Lipinski definition) is 0. The van der Waals surface area contributed by atoms with Crippen molar-refractivity contribution in [3.05, 3.63) is 12.2 Å². The van der Waals surface area contributed by atoms with Crippen LogP contribution >= 0.6 is 0 Å². The van der Waals surface area contributed by atoms with Crippen LogP contribution in [-0.4, -0.2) is 0 Å². The number of rotatable bonds is 15. The first-order valence-electron chi connectivity index (χ1n) is 9.88. The van der Waals surface area contributed by atoms with Crippen molar-refractivity contribution in [1.29, 1.82) is 0 Å². The third kappa shape index (κ3) is 11.0. The van der Waals surface area contributed by atoms with E-state index in [0.717, 1.165) is 11.8 Å². The summed E-state index contributed by atoms with van der Waals surface area (Å²) in [6.07, 6.45) is 21.8. The van der Waals surface area contributed by atoms with Crippen molar-refractivity contribution < 1.29 is 0 Å². The molecule has 0 aromatic heterocycles. The molecule has 0 aliphatic heterocycles. The molecule has 0 heterocycles. The first-order chi connectivity index (χ1) is 10.2. The molecule has 0 radical (unpaired) electrons. The molecular formula is C21H40. The first kappa shape index (κ1) is 18.8. The summed E-state index contributed by atoms with van der Waals surface area (Å²) in [6, 6.07) is 0. The van der Waals surface area contributed by atoms with Crippen LogP contribution in [0.25, 0.3) is 0 Å². The lowest BCUT2D eigenvalue weighted by Crippen LogP contribution is -1.87. The smallest absolute Gasteiger partial charge is 0.0326 e. The highest BCUT2D eigenvalue weighted by Gasteiger charge is 2.34. The second kappa shape index (κ2) is 12.3. The van der Waals surface area contributed by atoms with Crippen LogP contribution in [0.1, 0.15) is 110 Å². The van der Waals surface area contributed by atoms with Gasteiger partial charge in [-0.15, -0.1) is 6.58 Å². The summed E-state index contributed by atoms with van der Waals surface area (Å²) in [6.45, 7) is 8.42. The van der Waals surface area contributed by atoms with Crippen LogP contribution in [0.2, 0.25) is 0 Å². The Morgan fingerprint density at radius 2 is 1.24 bits per heavy atom. The van der Waals surface area contributed by atoms with Crippen molar-refractivity contribution in [2.75, 3.05) is 0 Å². The van der Waals surface area contributed by atoms with E-state index in [1.165, 1.54) is 95.5 Å². The fourth-order valence-electron chi connectivity index (χ4n) is 3.57. The maximum Gasteiger partial charge on any atom is -0.0326 e. The van der Waals surface area contributed by atoms with Crippen LogP contribution < -0.4 is 0 Å². The topological polar surface area (TPSA) is 0 Å². The zero-order valence-corrected chi connectivity index (χ0v) is 15.0. The van der Waals surface area contributed by atoms with Crippen LogP contribution in [0.15, 0.2) is 12.2 Å². The summed E-state index contributed by atoms with van der Waals surface area (Å²) < 4.78 is 0. The van der Waals surface area contributed by atoms with Gasteiger partial charge in [0.1, 0.15) is 0 Å². The Hall–Kier alpha value is -0.260. The van der Waals surface area contributed by atoms with Gasteiger partial charge in [0.2, 0.25) is 0 Å². The normalized spacial score (nSPS) is 20.7. The van der Waals surface area contributed by atoms with Gasteiger partial charge in [-0.25, -0.2) is 0 Å². The molecule has 0 saturated heterocycles. The Balaban J connectivity index is 1.77. The Kier molecular flexibility index (Phi) is 11.0. The van der Waals surface area contributed by atoms with Crippen molar-refractivity contribution in [2.45, 2.75) is 110 Å². The minimum Gasteiger partial charge on any atom is -0.100 e. The molecular weight excluding hydrogens is 252 g/mol. The summed E-state index contributed by atoms with van der Waals surface area (Å²) in [5, 5.41) is 0. The second-order valence-electron chi connectivity index (χ2n) is 7.58. The van der Waals surface area contributed by atoms with Crippen molar-refractivity contribution in [2.24, 2.45) is 11.8 Å². The molecule has 1 fully saturated rings. The Morgan fingerprint density at radius 1 is 0.762 bits per heavy atom. The van der Waals surface area contributed by atoms with Crippen molar-refractivity contribution in [3.63, 3.8) is 0 Å². The SMILES string of the molecule is C=C(C)CCCCCCCC1CC1CCCCCCCC. The van der Waals surface area contributed by atoms with Gasteiger partial charge in [-0.2, -0.15) is 0 Å². The monoisotopic (exact) mass is 292 g/mol. The van der Waals surface area contributed by atoms with Crippen molar-refractivity contribution in [3.8, 4) is 0 Å². The van der Waals surface area contributed by atoms with Crippen molar-refractivity contribution >= 4 is 0 Å². The zero-order valence-electron chi connectivity index (χ0n) is 15.0. The molecule has 0 aromatic rings. The van der Waals surface area contributed by atoms with Gasteiger partial charge >= 0.3 is 0 Å². The van der Waals surface area contributed by atoms with Crippen LogP contribution in [0.4, 0.5) is 0 Å². The third-order valence-corrected chi connectivity index (χ3v) is 5.18. The number of unbranched alkanes of at least 4 members (excludes halogenated alkanes) is 9. The fourth-order valence-corrected chi connectivity index (χ4v) is 3.57. The summed E-state index contributed by atoms with van der Waals surface area (Å²) >= 11 is 0. The van der Waals surface area contributed by atoms with Gasteiger partial charge in [-0.1, -0.05) is 89.5 Å². The Labute approximate surface area is 134 Å². The maximum atomic E-state index is 3.97. The van der Waals surface area contributed by atoms with E-state index in [1.54, 1.807) is 6.42 Å². The van der Waals surface area contributed by atoms with Gasteiger partial charge in [0.05, 0.1) is 0 Å². The highest BCUT2D eigenvalue weighted by molar-refractivity contribution is 4.87. The molecule has 2 unspecified atom stereocenters. The zero-order chi connectivity index (χ0) is 15.3. The molecule has 124 valence electrons. The second-order valence-corrected chi connectivity index (χ2v) is 7.58. The predicted molar refractivity (Wildman–Crippen MR) is 96.7 cm³/mol. The van der Waals surface area contributed by atoms with E-state index in [2.05, 4.69) is 20.4 Å². The molecule has 1 aliphatic rings. The Bertz CT molecular complexity index is 253. The molecule has 2 atom stereocenters. The van der Waals surface area contributed by atoms with E-state index in [0.29, 0.717) is 0 Å². The van der Waals surface area contributed by atoms with E-state index < -0.39 is 0 Å². The maximum absolute atomic E-state index is 3.97. The summed E-state index contributed by atoms with van der Waals surface area (Å²) in [4.78, 5) is 0. The molecule has 0 heteroatoms. The number of hydrogen-bond acceptors (Lipinski definition) is 0. The molecule has 0 N–H and O–H groups in total. The summed E-state index contributed by atoms with van der Waals surface area (Å²) in [7, 11) is 0. The largest absolute Gasteiger partial charge is 0.100 e. The lowest BCUT2D eigenvalue weighted by molar-refractivity contribution is 0.516. The minimum atomic E-state index is 1.12. The van der Waals surface area contributed by atoms with E-state index in [-0.39, 0.29) is 0 Å². The predicted octanol–water partition coefficient (Wildman–Crippen LogP) is 7.68. The molecule has 0 bridgehead atoms. The van der Waals surface area contributed by atoms with Crippen molar-refractivity contribution in [1.82, 2.24) is 0 Å². The molecule has 0 nitrogen and oxygen atoms in total. The standard InChI is InChI=1S/C21H40/c1-4-5-6-7-10-13-16-20-18-21(20)17-14-11-8-9-12-15-19(2)3/h20-21H,2,4-18H2,1,3H3. The molecule has 21 heavy (non-hydrogen) atoms. The molecule has 1 rings (SSSR count). The van der Waals surface area contributed by atoms with E-state index in [4.69, 9.17) is 0 Å². The molecule has 1 saturated carbocycles. The van der Waals surface area contributed by atoms with Gasteiger partial charge in [0, 0.05) is 0 Å². The summed E-state index contributed by atoms with van der Waals surface area (Å²) in [5.74, 6) is 2.25. The lowest BCUT2D eigenvalue weighted by Gasteiger charge is -2.03. The quantitative estimate of drug-likeness (QED) is 0.214. The van der Waals surface area contributed by atoms with E-state index >= 15 is 0 Å². The Morgan fingerprint density at radius 3 is 1.76 bits per heavy atom. The fraction of sp³-hybridized carbons (Fsp3) is 0.905. The van der Waals surface area contributed by atoms with Gasteiger partial charge in [-0.3, -0.25) is 0 Å². The van der Waals surface area contributed by atoms with Gasteiger partial charge in [0.25, 0.3) is 0 Å². The summed E-state index contributed by atoms with van der Waals surface area (Å²) in [5.41, 5.74) is 1.35. The van der Waals surface area contributed by atoms with E-state index in [9.17, 15) is 0 Å². The molecule has 0 spiro atoms. The highest BCUT2D eigenvalue weighted by Crippen LogP contribution is 2.45. The van der Waals surface area contributed by atoms with Crippen LogP contribution in [0.3, 0.4) is 0 Å². The lowest BCUT2D eigenvalue weighted by atomic mass is 10.0. The minimum absolute atomic E-state index is 1.12. The first-order valence-corrected chi connectivity index (χ1v) is 9.88.